The van der Waals surface area contributed by atoms with E-state index in [1.807, 2.05) is 24.3 Å². The molecule has 1 atom stereocenters. The Morgan fingerprint density at radius 3 is 2.92 bits per heavy atom. The van der Waals surface area contributed by atoms with Gasteiger partial charge in [0, 0.05) is 17.2 Å². The lowest BCUT2D eigenvalue weighted by Crippen LogP contribution is -2.38. The highest BCUT2D eigenvalue weighted by Gasteiger charge is 2.17. The molecule has 1 aliphatic rings. The monoisotopic (exact) mass is 389 g/mol. The van der Waals surface area contributed by atoms with E-state index in [1.165, 1.54) is 0 Å². The zero-order valence-corrected chi connectivity index (χ0v) is 14.9. The quantitative estimate of drug-likeness (QED) is 0.822. The summed E-state index contributed by atoms with van der Waals surface area (Å²) in [7, 11) is 0. The molecule has 2 N–H and O–H groups in total. The molecule has 1 aromatic heterocycles. The SMILES string of the molecule is O=C(NCC1CCCNC1)c1cccnc1Oc1ccc(Br)cc1. The first-order chi connectivity index (χ1) is 11.7. The Kier molecular flexibility index (Phi) is 5.82. The van der Waals surface area contributed by atoms with Gasteiger partial charge in [0.1, 0.15) is 11.3 Å². The standard InChI is InChI=1S/C18H20BrN3O2/c19-14-5-7-15(8-6-14)24-18-16(4-2-10-21-18)17(23)22-12-13-3-1-9-20-11-13/h2,4-8,10,13,20H,1,3,9,11-12H2,(H,22,23). The Balaban J connectivity index is 1.66. The Hall–Kier alpha value is -1.92. The van der Waals surface area contributed by atoms with Crippen molar-refractivity contribution < 1.29 is 9.53 Å². The van der Waals surface area contributed by atoms with Crippen molar-refractivity contribution in [1.82, 2.24) is 15.6 Å². The molecule has 1 fully saturated rings. The lowest BCUT2D eigenvalue weighted by molar-refractivity contribution is 0.0942. The fourth-order valence-corrected chi connectivity index (χ4v) is 2.95. The van der Waals surface area contributed by atoms with Gasteiger partial charge in [-0.25, -0.2) is 4.98 Å². The van der Waals surface area contributed by atoms with E-state index in [4.69, 9.17) is 4.74 Å². The first kappa shape index (κ1) is 16.9. The summed E-state index contributed by atoms with van der Waals surface area (Å²) in [6.45, 7) is 2.69. The van der Waals surface area contributed by atoms with E-state index in [9.17, 15) is 4.79 Å². The predicted molar refractivity (Wildman–Crippen MR) is 96.4 cm³/mol. The maximum absolute atomic E-state index is 12.5. The van der Waals surface area contributed by atoms with Gasteiger partial charge in [-0.3, -0.25) is 4.79 Å². The summed E-state index contributed by atoms with van der Waals surface area (Å²) in [5, 5.41) is 6.35. The second-order valence-corrected chi connectivity index (χ2v) is 6.75. The maximum Gasteiger partial charge on any atom is 0.256 e. The summed E-state index contributed by atoms with van der Waals surface area (Å²) in [4.78, 5) is 16.7. The van der Waals surface area contributed by atoms with E-state index < -0.39 is 0 Å². The molecule has 2 aromatic rings. The number of benzene rings is 1. The first-order valence-corrected chi connectivity index (χ1v) is 8.89. The molecule has 0 radical (unpaired) electrons. The largest absolute Gasteiger partial charge is 0.438 e. The number of hydrogen-bond acceptors (Lipinski definition) is 4. The number of amides is 1. The number of nitrogens with zero attached hydrogens (tertiary/aromatic N) is 1. The number of carbonyl (C=O) groups is 1. The van der Waals surface area contributed by atoms with Gasteiger partial charge < -0.3 is 15.4 Å². The van der Waals surface area contributed by atoms with E-state index in [0.29, 0.717) is 29.7 Å². The van der Waals surface area contributed by atoms with Crippen molar-refractivity contribution in [3.63, 3.8) is 0 Å². The minimum atomic E-state index is -0.152. The Bertz CT molecular complexity index is 685. The van der Waals surface area contributed by atoms with E-state index in [0.717, 1.165) is 30.4 Å². The van der Waals surface area contributed by atoms with Crippen LogP contribution in [-0.4, -0.2) is 30.5 Å². The normalized spacial score (nSPS) is 17.3. The van der Waals surface area contributed by atoms with Crippen LogP contribution >= 0.6 is 15.9 Å². The molecule has 2 heterocycles. The molecule has 0 saturated carbocycles. The minimum Gasteiger partial charge on any atom is -0.438 e. The minimum absolute atomic E-state index is 0.152. The van der Waals surface area contributed by atoms with E-state index in [1.54, 1.807) is 18.3 Å². The van der Waals surface area contributed by atoms with Crippen LogP contribution in [0.2, 0.25) is 0 Å². The van der Waals surface area contributed by atoms with Crippen LogP contribution < -0.4 is 15.4 Å². The van der Waals surface area contributed by atoms with E-state index in [2.05, 4.69) is 31.5 Å². The number of aromatic nitrogens is 1. The van der Waals surface area contributed by atoms with E-state index in [-0.39, 0.29) is 5.91 Å². The zero-order valence-electron chi connectivity index (χ0n) is 13.3. The number of hydrogen-bond donors (Lipinski definition) is 2. The van der Waals surface area contributed by atoms with Crippen LogP contribution in [0.3, 0.4) is 0 Å². The molecular formula is C18H20BrN3O2. The van der Waals surface area contributed by atoms with Crippen LogP contribution in [-0.2, 0) is 0 Å². The van der Waals surface area contributed by atoms with Crippen LogP contribution in [0.1, 0.15) is 23.2 Å². The molecule has 1 aliphatic heterocycles. The number of ether oxygens (including phenoxy) is 1. The Morgan fingerprint density at radius 1 is 1.33 bits per heavy atom. The second kappa shape index (κ2) is 8.26. The Labute approximate surface area is 149 Å². The lowest BCUT2D eigenvalue weighted by Gasteiger charge is -2.23. The van der Waals surface area contributed by atoms with Crippen molar-refractivity contribution >= 4 is 21.8 Å². The predicted octanol–water partition coefficient (Wildman–Crippen LogP) is 3.37. The molecule has 0 bridgehead atoms. The summed E-state index contributed by atoms with van der Waals surface area (Å²) in [6, 6.07) is 10.9. The second-order valence-electron chi connectivity index (χ2n) is 5.83. The molecule has 1 aromatic carbocycles. The number of nitrogens with one attached hydrogen (secondary N) is 2. The van der Waals surface area contributed by atoms with Gasteiger partial charge in [0.15, 0.2) is 0 Å². The van der Waals surface area contributed by atoms with Crippen LogP contribution in [0.5, 0.6) is 11.6 Å². The number of rotatable bonds is 5. The highest BCUT2D eigenvalue weighted by atomic mass is 79.9. The molecule has 3 rings (SSSR count). The molecule has 1 saturated heterocycles. The maximum atomic E-state index is 12.5. The average molecular weight is 390 g/mol. The summed E-state index contributed by atoms with van der Waals surface area (Å²) in [5.41, 5.74) is 0.448. The van der Waals surface area contributed by atoms with Crippen LogP contribution in [0.4, 0.5) is 0 Å². The smallest absolute Gasteiger partial charge is 0.256 e. The van der Waals surface area contributed by atoms with Crippen molar-refractivity contribution in [3.8, 4) is 11.6 Å². The summed E-state index contributed by atoms with van der Waals surface area (Å²) in [6.07, 6.45) is 3.92. The van der Waals surface area contributed by atoms with E-state index >= 15 is 0 Å². The summed E-state index contributed by atoms with van der Waals surface area (Å²) < 4.78 is 6.74. The van der Waals surface area contributed by atoms with Crippen molar-refractivity contribution in [2.45, 2.75) is 12.8 Å². The highest BCUT2D eigenvalue weighted by Crippen LogP contribution is 2.24. The van der Waals surface area contributed by atoms with Crippen LogP contribution in [0.15, 0.2) is 47.1 Å². The van der Waals surface area contributed by atoms with Crippen molar-refractivity contribution in [1.29, 1.82) is 0 Å². The molecular weight excluding hydrogens is 370 g/mol. The zero-order chi connectivity index (χ0) is 16.8. The number of pyridine rings is 1. The fraction of sp³-hybridized carbons (Fsp3) is 0.333. The van der Waals surface area contributed by atoms with Gasteiger partial charge in [-0.2, -0.15) is 0 Å². The molecule has 1 unspecified atom stereocenters. The topological polar surface area (TPSA) is 63.2 Å². The molecule has 1 amide bonds. The number of carbonyl (C=O) groups excluding carboxylic acids is 1. The van der Waals surface area contributed by atoms with Crippen molar-refractivity contribution in [2.75, 3.05) is 19.6 Å². The molecule has 126 valence electrons. The van der Waals surface area contributed by atoms with Crippen molar-refractivity contribution in [3.05, 3.63) is 52.6 Å². The van der Waals surface area contributed by atoms with Gasteiger partial charge in [-0.15, -0.1) is 0 Å². The fourth-order valence-electron chi connectivity index (χ4n) is 2.69. The third-order valence-corrected chi connectivity index (χ3v) is 4.52. The van der Waals surface area contributed by atoms with Gasteiger partial charge >= 0.3 is 0 Å². The van der Waals surface area contributed by atoms with Gasteiger partial charge in [-0.05, 0) is 68.2 Å². The van der Waals surface area contributed by atoms with Gasteiger partial charge in [0.05, 0.1) is 0 Å². The van der Waals surface area contributed by atoms with Gasteiger partial charge in [0.25, 0.3) is 5.91 Å². The number of piperidine rings is 1. The van der Waals surface area contributed by atoms with Crippen LogP contribution in [0.25, 0.3) is 0 Å². The molecule has 5 nitrogen and oxygen atoms in total. The van der Waals surface area contributed by atoms with Crippen LogP contribution in [0, 0.1) is 5.92 Å². The van der Waals surface area contributed by atoms with Gasteiger partial charge in [-0.1, -0.05) is 15.9 Å². The molecule has 6 heteroatoms. The molecule has 0 spiro atoms. The summed E-state index contributed by atoms with van der Waals surface area (Å²) in [5.74, 6) is 1.29. The lowest BCUT2D eigenvalue weighted by atomic mass is 10.00. The summed E-state index contributed by atoms with van der Waals surface area (Å²) >= 11 is 3.39. The van der Waals surface area contributed by atoms with Gasteiger partial charge in [0.2, 0.25) is 5.88 Å². The van der Waals surface area contributed by atoms with Crippen molar-refractivity contribution in [2.24, 2.45) is 5.92 Å². The number of halogens is 1. The average Bonchev–Trinajstić information content (AvgIpc) is 2.63. The first-order valence-electron chi connectivity index (χ1n) is 8.10. The third kappa shape index (κ3) is 4.55. The highest BCUT2D eigenvalue weighted by molar-refractivity contribution is 9.10. The third-order valence-electron chi connectivity index (χ3n) is 3.99. The Morgan fingerprint density at radius 2 is 2.17 bits per heavy atom. The molecule has 24 heavy (non-hydrogen) atoms. The molecule has 0 aliphatic carbocycles.